The molecule has 0 saturated carbocycles. The Kier molecular flexibility index (Phi) is 5.53. The number of nitrogens with one attached hydrogen (secondary N) is 1. The van der Waals surface area contributed by atoms with Crippen LogP contribution < -0.4 is 5.32 Å². The second-order valence-corrected chi connectivity index (χ2v) is 9.83. The van der Waals surface area contributed by atoms with Gasteiger partial charge in [-0.15, -0.1) is 11.3 Å². The number of aryl methyl sites for hydroxylation is 2. The maximum Gasteiger partial charge on any atom is 0.234 e. The molecule has 0 bridgehead atoms. The van der Waals surface area contributed by atoms with Crippen LogP contribution in [0.25, 0.3) is 10.2 Å². The van der Waals surface area contributed by atoms with Crippen molar-refractivity contribution in [3.05, 3.63) is 45.0 Å². The molecule has 0 fully saturated rings. The molecule has 1 atom stereocenters. The van der Waals surface area contributed by atoms with Gasteiger partial charge in [-0.3, -0.25) is 4.79 Å². The average Bonchev–Trinajstić information content (AvgIpc) is 2.98. The number of amides is 1. The van der Waals surface area contributed by atoms with E-state index in [0.29, 0.717) is 5.75 Å². The van der Waals surface area contributed by atoms with Crippen LogP contribution in [-0.2, 0) is 17.6 Å². The summed E-state index contributed by atoms with van der Waals surface area (Å²) in [6, 6.07) is 7.63. The van der Waals surface area contributed by atoms with Gasteiger partial charge in [-0.05, 0) is 65.7 Å². The number of anilines is 1. The van der Waals surface area contributed by atoms with Crippen molar-refractivity contribution in [1.29, 1.82) is 0 Å². The van der Waals surface area contributed by atoms with Gasteiger partial charge in [0.1, 0.15) is 15.7 Å². The third kappa shape index (κ3) is 4.05. The Morgan fingerprint density at radius 3 is 3.00 bits per heavy atom. The first-order valence-corrected chi connectivity index (χ1v) is 11.6. The fraction of sp³-hybridized carbons (Fsp3) is 0.350. The van der Waals surface area contributed by atoms with Gasteiger partial charge >= 0.3 is 0 Å². The largest absolute Gasteiger partial charge is 0.324 e. The predicted molar refractivity (Wildman–Crippen MR) is 117 cm³/mol. The third-order valence-corrected chi connectivity index (χ3v) is 7.54. The highest BCUT2D eigenvalue weighted by Gasteiger charge is 2.24. The van der Waals surface area contributed by atoms with E-state index in [9.17, 15) is 4.79 Å². The Bertz CT molecular complexity index is 1020. The average molecular weight is 462 g/mol. The van der Waals surface area contributed by atoms with Crippen molar-refractivity contribution < 1.29 is 4.79 Å². The van der Waals surface area contributed by atoms with Crippen LogP contribution in [0.1, 0.15) is 29.6 Å². The van der Waals surface area contributed by atoms with Crippen molar-refractivity contribution in [2.45, 2.75) is 38.1 Å². The molecule has 2 heterocycles. The molecule has 1 aromatic carbocycles. The zero-order chi connectivity index (χ0) is 19.0. The second-order valence-electron chi connectivity index (χ2n) is 6.92. The SMILES string of the molecule is Cc1nc(SCC(=O)Nc2ccccc2Br)c2c3c(sc2n1)CC(C)CC3. The van der Waals surface area contributed by atoms with E-state index < -0.39 is 0 Å². The number of thiophene rings is 1. The summed E-state index contributed by atoms with van der Waals surface area (Å²) < 4.78 is 0.879. The monoisotopic (exact) mass is 461 g/mol. The minimum absolute atomic E-state index is 0.0333. The molecule has 3 aromatic rings. The van der Waals surface area contributed by atoms with E-state index in [2.05, 4.69) is 38.1 Å². The van der Waals surface area contributed by atoms with Crippen LogP contribution in [-0.4, -0.2) is 21.6 Å². The molecule has 1 amide bonds. The van der Waals surface area contributed by atoms with Crippen LogP contribution in [0.2, 0.25) is 0 Å². The van der Waals surface area contributed by atoms with Crippen LogP contribution in [0.3, 0.4) is 0 Å². The van der Waals surface area contributed by atoms with Gasteiger partial charge in [0.2, 0.25) is 5.91 Å². The molecule has 7 heteroatoms. The number of carbonyl (C=O) groups excluding carboxylic acids is 1. The number of nitrogens with zero attached hydrogens (tertiary/aromatic N) is 2. The van der Waals surface area contributed by atoms with E-state index in [0.717, 1.165) is 44.6 Å². The molecule has 0 aliphatic heterocycles. The maximum atomic E-state index is 12.4. The number of carbonyl (C=O) groups is 1. The Hall–Kier alpha value is -1.44. The smallest absolute Gasteiger partial charge is 0.234 e. The molecular weight excluding hydrogens is 442 g/mol. The molecule has 1 aliphatic rings. The van der Waals surface area contributed by atoms with Gasteiger partial charge in [0.25, 0.3) is 0 Å². The summed E-state index contributed by atoms with van der Waals surface area (Å²) in [5.74, 6) is 1.79. The third-order valence-electron chi connectivity index (χ3n) is 4.72. The summed E-state index contributed by atoms with van der Waals surface area (Å²) in [6.07, 6.45) is 3.42. The molecule has 1 unspecified atom stereocenters. The van der Waals surface area contributed by atoms with Crippen molar-refractivity contribution in [1.82, 2.24) is 9.97 Å². The van der Waals surface area contributed by atoms with Gasteiger partial charge in [-0.25, -0.2) is 9.97 Å². The number of aromatic nitrogens is 2. The zero-order valence-corrected chi connectivity index (χ0v) is 18.4. The maximum absolute atomic E-state index is 12.4. The lowest BCUT2D eigenvalue weighted by atomic mass is 9.89. The molecule has 0 radical (unpaired) electrons. The van der Waals surface area contributed by atoms with Crippen LogP contribution in [0.15, 0.2) is 33.8 Å². The van der Waals surface area contributed by atoms with Crippen molar-refractivity contribution in [2.24, 2.45) is 5.92 Å². The van der Waals surface area contributed by atoms with Crippen molar-refractivity contribution in [3.8, 4) is 0 Å². The fourth-order valence-corrected chi connectivity index (χ4v) is 6.18. The zero-order valence-electron chi connectivity index (χ0n) is 15.2. The molecular formula is C20H20BrN3OS2. The number of halogens is 1. The van der Waals surface area contributed by atoms with Crippen LogP contribution in [0.5, 0.6) is 0 Å². The molecule has 27 heavy (non-hydrogen) atoms. The molecule has 0 spiro atoms. The lowest BCUT2D eigenvalue weighted by Crippen LogP contribution is -2.14. The number of hydrogen-bond donors (Lipinski definition) is 1. The lowest BCUT2D eigenvalue weighted by molar-refractivity contribution is -0.113. The first kappa shape index (κ1) is 18.9. The Balaban J connectivity index is 1.57. The molecule has 1 N–H and O–H groups in total. The standard InChI is InChI=1S/C20H20BrN3OS2/c1-11-7-8-13-16(9-11)27-20-18(13)19(22-12(2)23-20)26-10-17(25)24-15-6-4-3-5-14(15)21/h3-6,11H,7-10H2,1-2H3,(H,24,25). The number of thioether (sulfide) groups is 1. The topological polar surface area (TPSA) is 54.9 Å². The van der Waals surface area contributed by atoms with Crippen molar-refractivity contribution in [2.75, 3.05) is 11.1 Å². The fourth-order valence-electron chi connectivity index (χ4n) is 3.40. The van der Waals surface area contributed by atoms with E-state index >= 15 is 0 Å². The summed E-state index contributed by atoms with van der Waals surface area (Å²) in [6.45, 7) is 4.23. The molecule has 0 saturated heterocycles. The number of para-hydroxylation sites is 1. The van der Waals surface area contributed by atoms with Crippen LogP contribution in [0, 0.1) is 12.8 Å². The molecule has 140 valence electrons. The molecule has 1 aliphatic carbocycles. The van der Waals surface area contributed by atoms with E-state index in [1.807, 2.05) is 31.2 Å². The quantitative estimate of drug-likeness (QED) is 0.404. The minimum atomic E-state index is -0.0333. The van der Waals surface area contributed by atoms with E-state index in [4.69, 9.17) is 0 Å². The number of hydrogen-bond acceptors (Lipinski definition) is 5. The Morgan fingerprint density at radius 2 is 2.19 bits per heavy atom. The molecule has 2 aromatic heterocycles. The van der Waals surface area contributed by atoms with Crippen LogP contribution in [0.4, 0.5) is 5.69 Å². The van der Waals surface area contributed by atoms with E-state index in [-0.39, 0.29) is 5.91 Å². The highest BCUT2D eigenvalue weighted by molar-refractivity contribution is 9.10. The number of fused-ring (bicyclic) bond motifs is 3. The summed E-state index contributed by atoms with van der Waals surface area (Å²) in [4.78, 5) is 24.3. The highest BCUT2D eigenvalue weighted by Crippen LogP contribution is 2.40. The highest BCUT2D eigenvalue weighted by atomic mass is 79.9. The first-order valence-electron chi connectivity index (χ1n) is 8.97. The number of rotatable bonds is 4. The van der Waals surface area contributed by atoms with Gasteiger partial charge in [0.15, 0.2) is 0 Å². The van der Waals surface area contributed by atoms with Crippen LogP contribution >= 0.6 is 39.0 Å². The van der Waals surface area contributed by atoms with Gasteiger partial charge in [0, 0.05) is 14.7 Å². The Morgan fingerprint density at radius 1 is 1.37 bits per heavy atom. The van der Waals surface area contributed by atoms with E-state index in [1.165, 1.54) is 34.0 Å². The van der Waals surface area contributed by atoms with E-state index in [1.54, 1.807) is 11.3 Å². The first-order chi connectivity index (χ1) is 13.0. The summed E-state index contributed by atoms with van der Waals surface area (Å²) >= 11 is 6.77. The number of benzene rings is 1. The van der Waals surface area contributed by atoms with Crippen molar-refractivity contribution in [3.63, 3.8) is 0 Å². The lowest BCUT2D eigenvalue weighted by Gasteiger charge is -2.18. The predicted octanol–water partition coefficient (Wildman–Crippen LogP) is 5.62. The van der Waals surface area contributed by atoms with Crippen molar-refractivity contribution >= 4 is 60.8 Å². The van der Waals surface area contributed by atoms with Gasteiger partial charge in [0.05, 0.1) is 11.4 Å². The molecule has 4 nitrogen and oxygen atoms in total. The van der Waals surface area contributed by atoms with Gasteiger partial charge in [-0.1, -0.05) is 30.8 Å². The van der Waals surface area contributed by atoms with Gasteiger partial charge < -0.3 is 5.32 Å². The molecule has 4 rings (SSSR count). The second kappa shape index (κ2) is 7.89. The van der Waals surface area contributed by atoms with Gasteiger partial charge in [-0.2, -0.15) is 0 Å². The summed E-state index contributed by atoms with van der Waals surface area (Å²) in [5.41, 5.74) is 2.19. The summed E-state index contributed by atoms with van der Waals surface area (Å²) in [5, 5.41) is 5.07. The Labute approximate surface area is 175 Å². The minimum Gasteiger partial charge on any atom is -0.324 e. The normalized spacial score (nSPS) is 16.3. The summed E-state index contributed by atoms with van der Waals surface area (Å²) in [7, 11) is 0.